The second-order valence-corrected chi connectivity index (χ2v) is 8.35. The van der Waals surface area contributed by atoms with Gasteiger partial charge in [-0.25, -0.2) is 9.97 Å². The van der Waals surface area contributed by atoms with Gasteiger partial charge in [0.25, 0.3) is 0 Å². The van der Waals surface area contributed by atoms with E-state index in [1.54, 1.807) is 11.2 Å². The first-order valence-corrected chi connectivity index (χ1v) is 10.3. The number of likely N-dealkylation sites (tertiary alicyclic amines) is 1. The minimum atomic E-state index is 0.138. The summed E-state index contributed by atoms with van der Waals surface area (Å²) in [5, 5.41) is 3.49. The molecule has 0 radical (unpaired) electrons. The first-order chi connectivity index (χ1) is 13.0. The maximum atomic E-state index is 11.9. The number of hydrogen-bond acceptors (Lipinski definition) is 6. The standard InChI is InChI=1S/C20H34N6O/c1-16(2)4-7-25-8-5-17(6-9-25)13-21-18-12-19(23-15-22-18)26-11-10-24(3)20(27)14-26/h12,15-17H,4-11,13-14H2,1-3H3,(H,21,22,23). The molecule has 2 fully saturated rings. The molecule has 1 amide bonds. The van der Waals surface area contributed by atoms with Gasteiger partial charge in [0.15, 0.2) is 0 Å². The molecule has 1 aromatic heterocycles. The summed E-state index contributed by atoms with van der Waals surface area (Å²) in [5.41, 5.74) is 0. The SMILES string of the molecule is CC(C)CCN1CCC(CNc2cc(N3CCN(C)C(=O)C3)ncn2)CC1. The van der Waals surface area contributed by atoms with E-state index in [0.717, 1.165) is 37.2 Å². The third-order valence-electron chi connectivity index (χ3n) is 5.74. The lowest BCUT2D eigenvalue weighted by Crippen LogP contribution is -2.48. The maximum Gasteiger partial charge on any atom is 0.241 e. The molecule has 150 valence electrons. The molecule has 1 N–H and O–H groups in total. The molecule has 27 heavy (non-hydrogen) atoms. The lowest BCUT2D eigenvalue weighted by Gasteiger charge is -2.33. The smallest absolute Gasteiger partial charge is 0.241 e. The zero-order valence-corrected chi connectivity index (χ0v) is 17.0. The summed E-state index contributed by atoms with van der Waals surface area (Å²) < 4.78 is 0. The molecule has 0 unspecified atom stereocenters. The van der Waals surface area contributed by atoms with Crippen LogP contribution >= 0.6 is 0 Å². The van der Waals surface area contributed by atoms with E-state index in [1.165, 1.54) is 38.9 Å². The van der Waals surface area contributed by atoms with Gasteiger partial charge in [-0.1, -0.05) is 13.8 Å². The van der Waals surface area contributed by atoms with E-state index in [1.807, 2.05) is 18.0 Å². The number of anilines is 2. The molecule has 3 rings (SSSR count). The molecule has 3 heterocycles. The van der Waals surface area contributed by atoms with E-state index >= 15 is 0 Å². The second-order valence-electron chi connectivity index (χ2n) is 8.35. The van der Waals surface area contributed by atoms with Crippen LogP contribution in [-0.4, -0.2) is 78.5 Å². The van der Waals surface area contributed by atoms with Crippen molar-refractivity contribution in [3.8, 4) is 0 Å². The Balaban J connectivity index is 1.45. The van der Waals surface area contributed by atoms with Crippen molar-refractivity contribution in [1.82, 2.24) is 19.8 Å². The van der Waals surface area contributed by atoms with E-state index in [9.17, 15) is 4.79 Å². The highest BCUT2D eigenvalue weighted by Crippen LogP contribution is 2.20. The van der Waals surface area contributed by atoms with Crippen molar-refractivity contribution in [2.45, 2.75) is 33.1 Å². The van der Waals surface area contributed by atoms with Crippen LogP contribution in [0.25, 0.3) is 0 Å². The highest BCUT2D eigenvalue weighted by molar-refractivity contribution is 5.82. The van der Waals surface area contributed by atoms with Crippen LogP contribution in [0, 0.1) is 11.8 Å². The van der Waals surface area contributed by atoms with Crippen molar-refractivity contribution in [3.63, 3.8) is 0 Å². The minimum Gasteiger partial charge on any atom is -0.370 e. The monoisotopic (exact) mass is 374 g/mol. The van der Waals surface area contributed by atoms with Gasteiger partial charge in [-0.2, -0.15) is 0 Å². The van der Waals surface area contributed by atoms with E-state index < -0.39 is 0 Å². The Morgan fingerprint density at radius 1 is 1.19 bits per heavy atom. The highest BCUT2D eigenvalue weighted by Gasteiger charge is 2.23. The predicted octanol–water partition coefficient (Wildman–Crippen LogP) is 1.93. The Morgan fingerprint density at radius 2 is 1.96 bits per heavy atom. The van der Waals surface area contributed by atoms with Gasteiger partial charge in [0.05, 0.1) is 6.54 Å². The number of carbonyl (C=O) groups excluding carboxylic acids is 1. The lowest BCUT2D eigenvalue weighted by atomic mass is 9.96. The number of piperazine rings is 1. The van der Waals surface area contributed by atoms with Gasteiger partial charge in [-0.05, 0) is 50.7 Å². The molecular formula is C20H34N6O. The number of hydrogen-bond donors (Lipinski definition) is 1. The quantitative estimate of drug-likeness (QED) is 0.787. The van der Waals surface area contributed by atoms with Crippen LogP contribution < -0.4 is 10.2 Å². The van der Waals surface area contributed by atoms with Crippen molar-refractivity contribution in [3.05, 3.63) is 12.4 Å². The summed E-state index contributed by atoms with van der Waals surface area (Å²) in [6.45, 7) is 11.1. The molecule has 2 aliphatic rings. The maximum absolute atomic E-state index is 11.9. The molecule has 2 saturated heterocycles. The van der Waals surface area contributed by atoms with Crippen molar-refractivity contribution in [2.75, 3.05) is 63.1 Å². The van der Waals surface area contributed by atoms with Crippen LogP contribution in [0.5, 0.6) is 0 Å². The fourth-order valence-corrected chi connectivity index (χ4v) is 3.67. The summed E-state index contributed by atoms with van der Waals surface area (Å²) in [4.78, 5) is 27.0. The van der Waals surface area contributed by atoms with Crippen molar-refractivity contribution >= 4 is 17.5 Å². The predicted molar refractivity (Wildman–Crippen MR) is 109 cm³/mol. The average Bonchev–Trinajstić information content (AvgIpc) is 2.68. The molecule has 0 saturated carbocycles. The van der Waals surface area contributed by atoms with E-state index in [-0.39, 0.29) is 5.91 Å². The van der Waals surface area contributed by atoms with E-state index in [0.29, 0.717) is 12.5 Å². The number of amides is 1. The van der Waals surface area contributed by atoms with Crippen LogP contribution in [0.3, 0.4) is 0 Å². The zero-order valence-electron chi connectivity index (χ0n) is 17.0. The Labute approximate surface area is 163 Å². The molecule has 7 nitrogen and oxygen atoms in total. The summed E-state index contributed by atoms with van der Waals surface area (Å²) in [6.07, 6.45) is 5.38. The number of aromatic nitrogens is 2. The van der Waals surface area contributed by atoms with Gasteiger partial charge in [0.2, 0.25) is 5.91 Å². The first-order valence-electron chi connectivity index (χ1n) is 10.3. The molecule has 0 bridgehead atoms. The van der Waals surface area contributed by atoms with Gasteiger partial charge in [0, 0.05) is 32.7 Å². The number of rotatable bonds is 7. The Bertz CT molecular complexity index is 614. The molecule has 7 heteroatoms. The van der Waals surface area contributed by atoms with Crippen LogP contribution in [0.1, 0.15) is 33.1 Å². The highest BCUT2D eigenvalue weighted by atomic mass is 16.2. The average molecular weight is 375 g/mol. The van der Waals surface area contributed by atoms with Crippen molar-refractivity contribution < 1.29 is 4.79 Å². The second kappa shape index (κ2) is 9.35. The van der Waals surface area contributed by atoms with Crippen LogP contribution in [-0.2, 0) is 4.79 Å². The summed E-state index contributed by atoms with van der Waals surface area (Å²) in [7, 11) is 1.85. The van der Waals surface area contributed by atoms with Gasteiger partial charge in [0.1, 0.15) is 18.0 Å². The molecule has 0 aliphatic carbocycles. The lowest BCUT2D eigenvalue weighted by molar-refractivity contribution is -0.129. The minimum absolute atomic E-state index is 0.138. The zero-order chi connectivity index (χ0) is 19.2. The largest absolute Gasteiger partial charge is 0.370 e. The third-order valence-corrected chi connectivity index (χ3v) is 5.74. The summed E-state index contributed by atoms with van der Waals surface area (Å²) in [6, 6.07) is 1.97. The van der Waals surface area contributed by atoms with Gasteiger partial charge < -0.3 is 20.0 Å². The molecule has 0 aromatic carbocycles. The number of nitrogens with one attached hydrogen (secondary N) is 1. The fourth-order valence-electron chi connectivity index (χ4n) is 3.67. The summed E-state index contributed by atoms with van der Waals surface area (Å²) >= 11 is 0. The fraction of sp³-hybridized carbons (Fsp3) is 0.750. The molecule has 1 aromatic rings. The molecular weight excluding hydrogens is 340 g/mol. The Morgan fingerprint density at radius 3 is 2.67 bits per heavy atom. The van der Waals surface area contributed by atoms with Gasteiger partial charge >= 0.3 is 0 Å². The van der Waals surface area contributed by atoms with Crippen molar-refractivity contribution in [1.29, 1.82) is 0 Å². The van der Waals surface area contributed by atoms with Gasteiger partial charge in [-0.15, -0.1) is 0 Å². The van der Waals surface area contributed by atoms with Crippen molar-refractivity contribution in [2.24, 2.45) is 11.8 Å². The van der Waals surface area contributed by atoms with Crippen LogP contribution in [0.2, 0.25) is 0 Å². The molecule has 0 spiro atoms. The number of likely N-dealkylation sites (N-methyl/N-ethyl adjacent to an activating group) is 1. The molecule has 2 aliphatic heterocycles. The number of piperidine rings is 1. The van der Waals surface area contributed by atoms with Gasteiger partial charge in [-0.3, -0.25) is 4.79 Å². The van der Waals surface area contributed by atoms with E-state index in [4.69, 9.17) is 0 Å². The number of nitrogens with zero attached hydrogens (tertiary/aromatic N) is 5. The summed E-state index contributed by atoms with van der Waals surface area (Å²) in [5.74, 6) is 3.31. The van der Waals surface area contributed by atoms with Crippen LogP contribution in [0.15, 0.2) is 12.4 Å². The Hall–Kier alpha value is -1.89. The normalized spacial score (nSPS) is 19.8. The Kier molecular flexibility index (Phi) is 6.88. The molecule has 0 atom stereocenters. The third kappa shape index (κ3) is 5.79. The van der Waals surface area contributed by atoms with E-state index in [2.05, 4.69) is 34.0 Å². The first kappa shape index (κ1) is 19.9. The number of carbonyl (C=O) groups is 1. The van der Waals surface area contributed by atoms with Crippen LogP contribution in [0.4, 0.5) is 11.6 Å². The topological polar surface area (TPSA) is 64.6 Å².